The molecule has 0 aliphatic carbocycles. The summed E-state index contributed by atoms with van der Waals surface area (Å²) in [6, 6.07) is 16.3. The van der Waals surface area contributed by atoms with Gasteiger partial charge in [0.15, 0.2) is 5.13 Å². The quantitative estimate of drug-likeness (QED) is 0.596. The number of rotatable bonds is 5. The third-order valence-electron chi connectivity index (χ3n) is 5.73. The molecule has 4 rings (SSSR count). The Morgan fingerprint density at radius 3 is 2.47 bits per heavy atom. The van der Waals surface area contributed by atoms with Crippen molar-refractivity contribution in [2.75, 3.05) is 36.0 Å². The van der Waals surface area contributed by atoms with Gasteiger partial charge in [-0.25, -0.2) is 4.98 Å². The number of aromatic nitrogens is 1. The lowest BCUT2D eigenvalue weighted by atomic mass is 10.1. The van der Waals surface area contributed by atoms with Gasteiger partial charge in [-0.3, -0.25) is 14.6 Å². The van der Waals surface area contributed by atoms with Gasteiger partial charge in [0.25, 0.3) is 0 Å². The highest BCUT2D eigenvalue weighted by atomic mass is 32.1. The maximum Gasteiger partial charge on any atom is 0.230 e. The number of hydrogen-bond donors (Lipinski definition) is 0. The maximum atomic E-state index is 12.2. The lowest BCUT2D eigenvalue weighted by Crippen LogP contribution is -2.46. The molecule has 156 valence electrons. The number of piperazine rings is 1. The van der Waals surface area contributed by atoms with Gasteiger partial charge in [-0.15, -0.1) is 11.3 Å². The second-order valence-corrected chi connectivity index (χ2v) is 8.63. The molecular formula is C24H28N4OS. The van der Waals surface area contributed by atoms with Crippen LogP contribution in [0, 0.1) is 13.8 Å². The van der Waals surface area contributed by atoms with E-state index in [-0.39, 0.29) is 5.91 Å². The van der Waals surface area contributed by atoms with E-state index in [9.17, 15) is 4.79 Å². The molecule has 0 atom stereocenters. The van der Waals surface area contributed by atoms with Gasteiger partial charge in [-0.2, -0.15) is 0 Å². The zero-order valence-corrected chi connectivity index (χ0v) is 18.7. The maximum absolute atomic E-state index is 12.2. The molecule has 2 heterocycles. The Kier molecular flexibility index (Phi) is 6.16. The summed E-state index contributed by atoms with van der Waals surface area (Å²) < 4.78 is 0. The minimum Gasteiger partial charge on any atom is -0.369 e. The van der Waals surface area contributed by atoms with Gasteiger partial charge in [-0.05, 0) is 43.2 Å². The second-order valence-electron chi connectivity index (χ2n) is 7.79. The van der Waals surface area contributed by atoms with Gasteiger partial charge >= 0.3 is 0 Å². The van der Waals surface area contributed by atoms with Crippen LogP contribution in [0.5, 0.6) is 0 Å². The Hall–Kier alpha value is -2.70. The van der Waals surface area contributed by atoms with E-state index in [1.165, 1.54) is 28.2 Å². The van der Waals surface area contributed by atoms with Crippen molar-refractivity contribution in [3.8, 4) is 0 Å². The molecule has 1 aliphatic heterocycles. The Morgan fingerprint density at radius 2 is 1.77 bits per heavy atom. The Labute approximate surface area is 182 Å². The van der Waals surface area contributed by atoms with E-state index >= 15 is 0 Å². The number of amides is 1. The van der Waals surface area contributed by atoms with Crippen LogP contribution in [0.2, 0.25) is 0 Å². The van der Waals surface area contributed by atoms with Crippen molar-refractivity contribution in [2.24, 2.45) is 0 Å². The van der Waals surface area contributed by atoms with Crippen LogP contribution in [0.4, 0.5) is 16.5 Å². The van der Waals surface area contributed by atoms with E-state index in [1.807, 2.05) is 30.3 Å². The number of aryl methyl sites for hydroxylation is 1. The first-order valence-electron chi connectivity index (χ1n) is 10.4. The summed E-state index contributed by atoms with van der Waals surface area (Å²) in [5.74, 6) is -0.0239. The van der Waals surface area contributed by atoms with Crippen molar-refractivity contribution in [1.29, 1.82) is 0 Å². The first kappa shape index (κ1) is 20.6. The monoisotopic (exact) mass is 420 g/mol. The Bertz CT molecular complexity index is 1010. The summed E-state index contributed by atoms with van der Waals surface area (Å²) in [6.45, 7) is 10.8. The number of para-hydroxylation sites is 1. The number of carbonyl (C=O) groups excluding carboxylic acids is 1. The summed E-state index contributed by atoms with van der Waals surface area (Å²) in [6.07, 6.45) is 0. The number of hydrogen-bond acceptors (Lipinski definition) is 5. The van der Waals surface area contributed by atoms with Crippen LogP contribution in [0.3, 0.4) is 0 Å². The number of anilines is 3. The van der Waals surface area contributed by atoms with Crippen LogP contribution < -0.4 is 9.80 Å². The van der Waals surface area contributed by atoms with Gasteiger partial charge < -0.3 is 4.90 Å². The SMILES string of the molecule is CC(=O)N(c1ccccc1)c1nc(CN2CCN(c3cccc(C)c3C)CC2)cs1. The molecule has 5 nitrogen and oxygen atoms in total. The number of carbonyl (C=O) groups is 1. The van der Waals surface area contributed by atoms with Crippen LogP contribution >= 0.6 is 11.3 Å². The van der Waals surface area contributed by atoms with Gasteiger partial charge in [0.1, 0.15) is 0 Å². The van der Waals surface area contributed by atoms with Crippen molar-refractivity contribution in [3.05, 3.63) is 70.7 Å². The molecule has 3 aromatic rings. The highest BCUT2D eigenvalue weighted by Gasteiger charge is 2.21. The molecule has 0 saturated carbocycles. The number of thiazole rings is 1. The third-order valence-corrected chi connectivity index (χ3v) is 6.61. The van der Waals surface area contributed by atoms with E-state index in [1.54, 1.807) is 11.8 Å². The number of benzene rings is 2. The van der Waals surface area contributed by atoms with Crippen LogP contribution in [-0.2, 0) is 11.3 Å². The summed E-state index contributed by atoms with van der Waals surface area (Å²) >= 11 is 1.53. The lowest BCUT2D eigenvalue weighted by molar-refractivity contribution is -0.115. The minimum atomic E-state index is -0.0239. The molecule has 0 unspecified atom stereocenters. The van der Waals surface area contributed by atoms with Crippen molar-refractivity contribution < 1.29 is 4.79 Å². The fourth-order valence-corrected chi connectivity index (χ4v) is 4.81. The smallest absolute Gasteiger partial charge is 0.230 e. The van der Waals surface area contributed by atoms with Crippen LogP contribution in [0.25, 0.3) is 0 Å². The molecule has 0 bridgehead atoms. The van der Waals surface area contributed by atoms with Crippen LogP contribution in [-0.4, -0.2) is 42.0 Å². The van der Waals surface area contributed by atoms with E-state index in [0.717, 1.165) is 49.2 Å². The van der Waals surface area contributed by atoms with E-state index < -0.39 is 0 Å². The third kappa shape index (κ3) is 4.40. The summed E-state index contributed by atoms with van der Waals surface area (Å²) in [7, 11) is 0. The Balaban J connectivity index is 1.40. The summed E-state index contributed by atoms with van der Waals surface area (Å²) in [5, 5.41) is 2.81. The van der Waals surface area contributed by atoms with E-state index in [4.69, 9.17) is 4.98 Å². The van der Waals surface area contributed by atoms with Gasteiger partial charge in [0.05, 0.1) is 11.4 Å². The number of nitrogens with zero attached hydrogens (tertiary/aromatic N) is 4. The van der Waals surface area contributed by atoms with Gasteiger partial charge in [0, 0.05) is 50.7 Å². The highest BCUT2D eigenvalue weighted by molar-refractivity contribution is 7.14. The predicted octanol–water partition coefficient (Wildman–Crippen LogP) is 4.77. The average Bonchev–Trinajstić information content (AvgIpc) is 3.19. The zero-order valence-electron chi connectivity index (χ0n) is 17.8. The topological polar surface area (TPSA) is 39.7 Å². The van der Waals surface area contributed by atoms with Gasteiger partial charge in [-0.1, -0.05) is 30.3 Å². The molecule has 2 aromatic carbocycles. The first-order chi connectivity index (χ1) is 14.5. The van der Waals surface area contributed by atoms with Crippen molar-refractivity contribution in [1.82, 2.24) is 9.88 Å². The fourth-order valence-electron chi connectivity index (χ4n) is 3.93. The van der Waals surface area contributed by atoms with Crippen molar-refractivity contribution in [3.63, 3.8) is 0 Å². The predicted molar refractivity (Wildman–Crippen MR) is 125 cm³/mol. The van der Waals surface area contributed by atoms with E-state index in [0.29, 0.717) is 0 Å². The fraction of sp³-hybridized carbons (Fsp3) is 0.333. The summed E-state index contributed by atoms with van der Waals surface area (Å²) in [5.41, 5.74) is 5.95. The van der Waals surface area contributed by atoms with Gasteiger partial charge in [0.2, 0.25) is 5.91 Å². The molecule has 1 amide bonds. The molecule has 0 radical (unpaired) electrons. The first-order valence-corrected chi connectivity index (χ1v) is 11.2. The molecule has 30 heavy (non-hydrogen) atoms. The Morgan fingerprint density at radius 1 is 1.03 bits per heavy atom. The van der Waals surface area contributed by atoms with Crippen LogP contribution in [0.1, 0.15) is 23.7 Å². The molecule has 0 N–H and O–H groups in total. The molecule has 1 saturated heterocycles. The van der Waals surface area contributed by atoms with Crippen LogP contribution in [0.15, 0.2) is 53.9 Å². The molecule has 0 spiro atoms. The minimum absolute atomic E-state index is 0.0239. The summed E-state index contributed by atoms with van der Waals surface area (Å²) in [4.78, 5) is 23.6. The lowest BCUT2D eigenvalue weighted by Gasteiger charge is -2.36. The molecule has 1 fully saturated rings. The van der Waals surface area contributed by atoms with Crippen molar-refractivity contribution in [2.45, 2.75) is 27.3 Å². The zero-order chi connectivity index (χ0) is 21.1. The standard InChI is InChI=1S/C24H28N4OS/c1-18-8-7-11-23(19(18)2)27-14-12-26(13-15-27)16-21-17-30-24(25-21)28(20(3)29)22-9-5-4-6-10-22/h4-11,17H,12-16H2,1-3H3. The van der Waals surface area contributed by atoms with E-state index in [2.05, 4.69) is 47.2 Å². The second kappa shape index (κ2) is 8.98. The normalized spacial score (nSPS) is 14.7. The molecular weight excluding hydrogens is 392 g/mol. The highest BCUT2D eigenvalue weighted by Crippen LogP contribution is 2.29. The average molecular weight is 421 g/mol. The largest absolute Gasteiger partial charge is 0.369 e. The van der Waals surface area contributed by atoms with Crippen molar-refractivity contribution >= 4 is 33.8 Å². The molecule has 6 heteroatoms. The molecule has 1 aliphatic rings. The molecule has 1 aromatic heterocycles.